The van der Waals surface area contributed by atoms with Crippen LogP contribution in [0.15, 0.2) is 24.5 Å². The number of carbonyl (C=O) groups is 7. The maximum absolute atomic E-state index is 13.1. The van der Waals surface area contributed by atoms with Crippen LogP contribution in [0.1, 0.15) is 51.5 Å². The lowest BCUT2D eigenvalue weighted by Gasteiger charge is -2.24. The van der Waals surface area contributed by atoms with Crippen LogP contribution in [-0.2, 0) is 58.9 Å². The number of hydrogen-bond acceptors (Lipinski definition) is 12. The van der Waals surface area contributed by atoms with E-state index in [0.29, 0.717) is 25.8 Å². The molecule has 1 rings (SSSR count). The van der Waals surface area contributed by atoms with Crippen molar-refractivity contribution in [3.63, 3.8) is 0 Å². The maximum atomic E-state index is 13.1. The van der Waals surface area contributed by atoms with Crippen molar-refractivity contribution in [2.24, 2.45) is 5.92 Å². The summed E-state index contributed by atoms with van der Waals surface area (Å²) in [5.74, 6) is -3.28. The molecular formula is C35H56N6O12. The lowest BCUT2D eigenvalue weighted by atomic mass is 10.0. The number of carbonyl (C=O) groups excluding carboxylic acids is 6. The number of hydrogen-bond donors (Lipinski definition) is 5. The van der Waals surface area contributed by atoms with Crippen LogP contribution >= 0.6 is 0 Å². The molecule has 0 spiro atoms. The first kappa shape index (κ1) is 46.5. The number of unbranched alkanes of at least 4 members (excludes halogenated alkanes) is 1. The second-order valence-corrected chi connectivity index (χ2v) is 12.2. The third-order valence-corrected chi connectivity index (χ3v) is 7.41. The molecule has 1 aromatic rings. The summed E-state index contributed by atoms with van der Waals surface area (Å²) in [6.45, 7) is 4.64. The van der Waals surface area contributed by atoms with Crippen molar-refractivity contribution in [1.29, 1.82) is 0 Å². The van der Waals surface area contributed by atoms with E-state index in [-0.39, 0.29) is 109 Å². The number of pyridine rings is 1. The zero-order valence-corrected chi connectivity index (χ0v) is 31.0. The largest absolute Gasteiger partial charge is 0.481 e. The monoisotopic (exact) mass is 752 g/mol. The van der Waals surface area contributed by atoms with Crippen LogP contribution in [0.5, 0.6) is 0 Å². The molecular weight excluding hydrogens is 696 g/mol. The van der Waals surface area contributed by atoms with E-state index in [9.17, 15) is 33.6 Å². The third kappa shape index (κ3) is 25.2. The van der Waals surface area contributed by atoms with Gasteiger partial charge in [0.05, 0.1) is 52.1 Å². The standard InChI is InChI=1S/C35H56N6O12/c1-26(35(48)49)7-4-5-12-37-32(45)24-52-19-18-51-16-14-39-33(46)25-53-20-17-50-15-13-38-31(44)23-41(3)34(47)29(21-28-8-6-11-36-22-28)40-30(43)10-9-27(2)42/h6,8,11,22,26,29H,4-5,7,9-10,12-21,23-25H2,1-3H3,(H,37,45)(H,38,44)(H,39,46)(H,40,43)(H,48,49)/t26-,29-/m0/s1. The van der Waals surface area contributed by atoms with Crippen LogP contribution in [-0.4, -0.2) is 148 Å². The van der Waals surface area contributed by atoms with E-state index >= 15 is 0 Å². The first-order valence-corrected chi connectivity index (χ1v) is 17.7. The highest BCUT2D eigenvalue weighted by Crippen LogP contribution is 2.07. The Morgan fingerprint density at radius 1 is 0.774 bits per heavy atom. The molecule has 0 saturated carbocycles. The number of carboxylic acid groups (broad SMARTS) is 1. The highest BCUT2D eigenvalue weighted by molar-refractivity contribution is 5.91. The lowest BCUT2D eigenvalue weighted by molar-refractivity contribution is -0.141. The van der Waals surface area contributed by atoms with Gasteiger partial charge in [-0.2, -0.15) is 0 Å². The maximum Gasteiger partial charge on any atom is 0.306 e. The van der Waals surface area contributed by atoms with Gasteiger partial charge in [-0.15, -0.1) is 0 Å². The van der Waals surface area contributed by atoms with Gasteiger partial charge in [-0.05, 0) is 31.4 Å². The van der Waals surface area contributed by atoms with Crippen LogP contribution in [0.4, 0.5) is 0 Å². The number of rotatable bonds is 31. The van der Waals surface area contributed by atoms with E-state index in [0.717, 1.165) is 5.56 Å². The third-order valence-electron chi connectivity index (χ3n) is 7.41. The van der Waals surface area contributed by atoms with Gasteiger partial charge in [0.2, 0.25) is 29.5 Å². The fourth-order valence-corrected chi connectivity index (χ4v) is 4.45. The molecule has 5 amide bonds. The van der Waals surface area contributed by atoms with Gasteiger partial charge in [0.1, 0.15) is 25.0 Å². The minimum absolute atomic E-state index is 0.0455. The van der Waals surface area contributed by atoms with Crippen LogP contribution in [0.3, 0.4) is 0 Å². The lowest BCUT2D eigenvalue weighted by Crippen LogP contribution is -2.50. The Labute approximate surface area is 310 Å². The van der Waals surface area contributed by atoms with Gasteiger partial charge >= 0.3 is 5.97 Å². The number of ether oxygens (including phenoxy) is 4. The van der Waals surface area contributed by atoms with E-state index < -0.39 is 35.7 Å². The molecule has 0 bridgehead atoms. The first-order valence-electron chi connectivity index (χ1n) is 17.7. The molecule has 1 heterocycles. The zero-order valence-electron chi connectivity index (χ0n) is 31.0. The highest BCUT2D eigenvalue weighted by atomic mass is 16.5. The minimum Gasteiger partial charge on any atom is -0.481 e. The Bertz CT molecular complexity index is 1270. The number of nitrogens with zero attached hydrogens (tertiary/aromatic N) is 2. The van der Waals surface area contributed by atoms with Gasteiger partial charge in [-0.1, -0.05) is 19.4 Å². The number of nitrogens with one attached hydrogen (secondary N) is 4. The summed E-state index contributed by atoms with van der Waals surface area (Å²) in [6.07, 6.45) is 5.32. The number of carboxylic acids is 1. The minimum atomic E-state index is -0.945. The predicted octanol–water partition coefficient (Wildman–Crippen LogP) is -0.757. The SMILES string of the molecule is CC(=O)CCC(=O)N[C@@H](Cc1cccnc1)C(=O)N(C)CC(=O)NCCOCCOCC(=O)NCCOCCOCC(=O)NCCCC[C@H](C)C(=O)O. The topological polar surface area (TPSA) is 241 Å². The smallest absolute Gasteiger partial charge is 0.306 e. The Morgan fingerprint density at radius 3 is 1.92 bits per heavy atom. The number of aliphatic carboxylic acids is 1. The molecule has 2 atom stereocenters. The van der Waals surface area contributed by atoms with Crippen molar-refractivity contribution in [3.05, 3.63) is 30.1 Å². The predicted molar refractivity (Wildman–Crippen MR) is 190 cm³/mol. The van der Waals surface area contributed by atoms with Gasteiger partial charge in [0.15, 0.2) is 0 Å². The molecule has 1 aromatic heterocycles. The molecule has 18 heteroatoms. The molecule has 0 aliphatic heterocycles. The number of ketones is 1. The van der Waals surface area contributed by atoms with Gasteiger partial charge in [-0.25, -0.2) is 0 Å². The molecule has 298 valence electrons. The first-order chi connectivity index (χ1) is 25.4. The molecule has 0 fully saturated rings. The van der Waals surface area contributed by atoms with E-state index in [1.165, 1.54) is 18.9 Å². The van der Waals surface area contributed by atoms with Crippen LogP contribution in [0.25, 0.3) is 0 Å². The van der Waals surface area contributed by atoms with E-state index in [1.54, 1.807) is 31.5 Å². The molecule has 0 unspecified atom stereocenters. The quantitative estimate of drug-likeness (QED) is 0.0587. The Kier molecular flexibility index (Phi) is 25.4. The fourth-order valence-electron chi connectivity index (χ4n) is 4.45. The normalized spacial score (nSPS) is 11.9. The average Bonchev–Trinajstić information content (AvgIpc) is 3.12. The van der Waals surface area contributed by atoms with Crippen molar-refractivity contribution < 1.29 is 57.6 Å². The fraction of sp³-hybridized carbons (Fsp3) is 0.657. The van der Waals surface area contributed by atoms with Gasteiger partial charge in [0, 0.05) is 58.3 Å². The van der Waals surface area contributed by atoms with Crippen molar-refractivity contribution >= 4 is 41.3 Å². The van der Waals surface area contributed by atoms with E-state index in [1.807, 2.05) is 0 Å². The van der Waals surface area contributed by atoms with Crippen LogP contribution < -0.4 is 21.3 Å². The second-order valence-electron chi connectivity index (χ2n) is 12.2. The molecule has 0 radical (unpaired) electrons. The number of Topliss-reactive ketones (excluding diaryl/α,β-unsaturated/α-hetero) is 1. The van der Waals surface area contributed by atoms with E-state index in [4.69, 9.17) is 24.1 Å². The van der Waals surface area contributed by atoms with Crippen LogP contribution in [0, 0.1) is 5.92 Å². The summed E-state index contributed by atoms with van der Waals surface area (Å²) < 4.78 is 21.3. The van der Waals surface area contributed by atoms with Gasteiger partial charge in [-0.3, -0.25) is 33.8 Å². The number of amides is 5. The highest BCUT2D eigenvalue weighted by Gasteiger charge is 2.25. The molecule has 5 N–H and O–H groups in total. The molecule has 18 nitrogen and oxygen atoms in total. The molecule has 0 aromatic carbocycles. The summed E-state index contributed by atoms with van der Waals surface area (Å²) in [5.41, 5.74) is 0.720. The van der Waals surface area contributed by atoms with Gasteiger partial charge in [0.25, 0.3) is 0 Å². The molecule has 53 heavy (non-hydrogen) atoms. The van der Waals surface area contributed by atoms with Crippen molar-refractivity contribution in [1.82, 2.24) is 31.2 Å². The Hall–Kier alpha value is -4.52. The summed E-state index contributed by atoms with van der Waals surface area (Å²) in [6, 6.07) is 2.54. The van der Waals surface area contributed by atoms with E-state index in [2.05, 4.69) is 26.3 Å². The summed E-state index contributed by atoms with van der Waals surface area (Å²) >= 11 is 0. The summed E-state index contributed by atoms with van der Waals surface area (Å²) in [5, 5.41) is 19.5. The van der Waals surface area contributed by atoms with Crippen LogP contribution in [0.2, 0.25) is 0 Å². The zero-order chi connectivity index (χ0) is 39.3. The van der Waals surface area contributed by atoms with Crippen molar-refractivity contribution in [2.75, 3.05) is 86.1 Å². The average molecular weight is 753 g/mol. The number of likely N-dealkylation sites (N-methyl/N-ethyl adjacent to an activating group) is 1. The summed E-state index contributed by atoms with van der Waals surface area (Å²) in [7, 11) is 1.46. The van der Waals surface area contributed by atoms with Crippen molar-refractivity contribution in [3.8, 4) is 0 Å². The molecule has 0 aliphatic rings. The second kappa shape index (κ2) is 29.0. The number of aromatic nitrogens is 1. The summed E-state index contributed by atoms with van der Waals surface area (Å²) in [4.78, 5) is 88.8. The molecule has 0 aliphatic carbocycles. The Balaban J connectivity index is 2.08. The van der Waals surface area contributed by atoms with Crippen molar-refractivity contribution in [2.45, 2.75) is 58.4 Å². The Morgan fingerprint density at radius 2 is 1.36 bits per heavy atom. The van der Waals surface area contributed by atoms with Gasteiger partial charge < -0.3 is 55.0 Å². The molecule has 0 saturated heterocycles.